The number of nitro groups is 1. The van der Waals surface area contributed by atoms with E-state index in [9.17, 15) is 14.9 Å². The average Bonchev–Trinajstić information content (AvgIpc) is 3.21. The van der Waals surface area contributed by atoms with Gasteiger partial charge in [-0.15, -0.1) is 11.3 Å². The molecule has 0 unspecified atom stereocenters. The van der Waals surface area contributed by atoms with E-state index < -0.39 is 4.92 Å². The Bertz CT molecular complexity index is 680. The van der Waals surface area contributed by atoms with E-state index in [1.54, 1.807) is 29.5 Å². The van der Waals surface area contributed by atoms with Crippen LogP contribution in [0.1, 0.15) is 23.3 Å². The molecule has 1 heterocycles. The van der Waals surface area contributed by atoms with Gasteiger partial charge in [-0.1, -0.05) is 24.3 Å². The molecule has 22 heavy (non-hydrogen) atoms. The van der Waals surface area contributed by atoms with Gasteiger partial charge in [-0.25, -0.2) is 0 Å². The van der Waals surface area contributed by atoms with Crippen LogP contribution >= 0.6 is 11.3 Å². The van der Waals surface area contributed by atoms with Crippen molar-refractivity contribution in [3.8, 4) is 0 Å². The number of nitro benzene ring substituents is 1. The molecule has 0 spiro atoms. The Morgan fingerprint density at radius 1 is 1.27 bits per heavy atom. The fourth-order valence-corrected chi connectivity index (χ4v) is 3.18. The Kier molecular flexibility index (Phi) is 4.20. The number of benzene rings is 1. The van der Waals surface area contributed by atoms with Gasteiger partial charge in [-0.2, -0.15) is 0 Å². The Morgan fingerprint density at radius 2 is 2.05 bits per heavy atom. The van der Waals surface area contributed by atoms with Gasteiger partial charge in [-0.3, -0.25) is 14.9 Å². The highest BCUT2D eigenvalue weighted by Crippen LogP contribution is 2.30. The summed E-state index contributed by atoms with van der Waals surface area (Å²) < 4.78 is 0. The summed E-state index contributed by atoms with van der Waals surface area (Å²) in [6.45, 7) is 0.599. The summed E-state index contributed by atoms with van der Waals surface area (Å²) >= 11 is 1.63. The van der Waals surface area contributed by atoms with Crippen molar-refractivity contribution in [2.45, 2.75) is 31.8 Å². The van der Waals surface area contributed by atoms with Crippen LogP contribution in [0, 0.1) is 10.1 Å². The largest absolute Gasteiger partial charge is 0.334 e. The molecular formula is C16H16N2O3S. The number of carbonyl (C=O) groups is 1. The van der Waals surface area contributed by atoms with Gasteiger partial charge in [0.2, 0.25) is 5.91 Å². The molecule has 0 N–H and O–H groups in total. The standard InChI is InChI=1S/C16H16N2O3S/c19-16(10-12-4-1-2-6-15(12)18(20)21)17(13-7-8-13)11-14-5-3-9-22-14/h1-6,9,13H,7-8,10-11H2. The molecule has 0 radical (unpaired) electrons. The molecule has 6 heteroatoms. The highest BCUT2D eigenvalue weighted by molar-refractivity contribution is 7.09. The number of hydrogen-bond acceptors (Lipinski definition) is 4. The maximum Gasteiger partial charge on any atom is 0.273 e. The maximum absolute atomic E-state index is 12.6. The molecule has 1 aliphatic carbocycles. The topological polar surface area (TPSA) is 63.4 Å². The summed E-state index contributed by atoms with van der Waals surface area (Å²) in [6.07, 6.45) is 2.13. The first kappa shape index (κ1) is 14.7. The van der Waals surface area contributed by atoms with Gasteiger partial charge in [0.1, 0.15) is 0 Å². The first-order valence-corrected chi connectivity index (χ1v) is 8.07. The minimum absolute atomic E-state index is 0.0164. The first-order chi connectivity index (χ1) is 10.6. The van der Waals surface area contributed by atoms with Crippen molar-refractivity contribution in [2.75, 3.05) is 0 Å². The van der Waals surface area contributed by atoms with Gasteiger partial charge in [0.05, 0.1) is 17.9 Å². The fraction of sp³-hybridized carbons (Fsp3) is 0.312. The van der Waals surface area contributed by atoms with Crippen molar-refractivity contribution in [1.82, 2.24) is 4.90 Å². The molecule has 114 valence electrons. The monoisotopic (exact) mass is 316 g/mol. The van der Waals surface area contributed by atoms with Crippen molar-refractivity contribution in [3.63, 3.8) is 0 Å². The maximum atomic E-state index is 12.6. The summed E-state index contributed by atoms with van der Waals surface area (Å²) in [7, 11) is 0. The number of amides is 1. The molecule has 1 aliphatic rings. The second-order valence-corrected chi connectivity index (χ2v) is 6.43. The van der Waals surface area contributed by atoms with Gasteiger partial charge in [0.25, 0.3) is 5.69 Å². The van der Waals surface area contributed by atoms with Crippen LogP contribution < -0.4 is 0 Å². The number of thiophene rings is 1. The molecular weight excluding hydrogens is 300 g/mol. The van der Waals surface area contributed by atoms with Crippen LogP contribution in [0.15, 0.2) is 41.8 Å². The summed E-state index contributed by atoms with van der Waals surface area (Å²) in [5.41, 5.74) is 0.497. The zero-order valence-electron chi connectivity index (χ0n) is 12.0. The zero-order chi connectivity index (χ0) is 15.5. The van der Waals surface area contributed by atoms with E-state index in [4.69, 9.17) is 0 Å². The van der Waals surface area contributed by atoms with Crippen LogP contribution in [0.2, 0.25) is 0 Å². The molecule has 1 aromatic heterocycles. The van der Waals surface area contributed by atoms with Gasteiger partial charge < -0.3 is 4.90 Å². The van der Waals surface area contributed by atoms with Crippen LogP contribution in [-0.2, 0) is 17.8 Å². The molecule has 0 bridgehead atoms. The Hall–Kier alpha value is -2.21. The molecule has 2 aromatic rings. The minimum atomic E-state index is -0.427. The lowest BCUT2D eigenvalue weighted by Crippen LogP contribution is -2.33. The van der Waals surface area contributed by atoms with E-state index in [1.807, 2.05) is 22.4 Å². The zero-order valence-corrected chi connectivity index (χ0v) is 12.8. The molecule has 5 nitrogen and oxygen atoms in total. The number of carbonyl (C=O) groups excluding carboxylic acids is 1. The van der Waals surface area contributed by atoms with Gasteiger partial charge in [0, 0.05) is 22.5 Å². The summed E-state index contributed by atoms with van der Waals surface area (Å²) in [4.78, 5) is 26.2. The average molecular weight is 316 g/mol. The molecule has 1 fully saturated rings. The van der Waals surface area contributed by atoms with E-state index in [0.29, 0.717) is 12.1 Å². The van der Waals surface area contributed by atoms with E-state index in [0.717, 1.165) is 17.7 Å². The van der Waals surface area contributed by atoms with Crippen LogP contribution in [0.5, 0.6) is 0 Å². The van der Waals surface area contributed by atoms with E-state index in [2.05, 4.69) is 0 Å². The molecule has 0 atom stereocenters. The summed E-state index contributed by atoms with van der Waals surface area (Å²) in [6, 6.07) is 10.7. The van der Waals surface area contributed by atoms with Gasteiger partial charge >= 0.3 is 0 Å². The van der Waals surface area contributed by atoms with Crippen LogP contribution in [0.25, 0.3) is 0 Å². The lowest BCUT2D eigenvalue weighted by Gasteiger charge is -2.21. The van der Waals surface area contributed by atoms with Crippen molar-refractivity contribution in [3.05, 3.63) is 62.3 Å². The molecule has 1 amide bonds. The van der Waals surface area contributed by atoms with E-state index >= 15 is 0 Å². The second-order valence-electron chi connectivity index (χ2n) is 5.39. The third kappa shape index (κ3) is 3.33. The highest BCUT2D eigenvalue weighted by Gasteiger charge is 2.33. The fourth-order valence-electron chi connectivity index (χ4n) is 2.48. The van der Waals surface area contributed by atoms with Crippen molar-refractivity contribution in [2.24, 2.45) is 0 Å². The number of rotatable bonds is 6. The minimum Gasteiger partial charge on any atom is -0.334 e. The lowest BCUT2D eigenvalue weighted by atomic mass is 10.1. The van der Waals surface area contributed by atoms with Crippen molar-refractivity contribution < 1.29 is 9.72 Å². The van der Waals surface area contributed by atoms with Crippen LogP contribution in [-0.4, -0.2) is 21.8 Å². The third-order valence-electron chi connectivity index (χ3n) is 3.74. The van der Waals surface area contributed by atoms with Crippen molar-refractivity contribution >= 4 is 22.9 Å². The quantitative estimate of drug-likeness (QED) is 0.606. The van der Waals surface area contributed by atoms with Crippen molar-refractivity contribution in [1.29, 1.82) is 0 Å². The summed E-state index contributed by atoms with van der Waals surface area (Å²) in [5, 5.41) is 13.1. The SMILES string of the molecule is O=C(Cc1ccccc1[N+](=O)[O-])N(Cc1cccs1)C1CC1. The normalized spacial score (nSPS) is 13.8. The molecule has 0 saturated heterocycles. The smallest absolute Gasteiger partial charge is 0.273 e. The predicted molar refractivity (Wildman–Crippen MR) is 84.7 cm³/mol. The number of hydrogen-bond donors (Lipinski definition) is 0. The van der Waals surface area contributed by atoms with E-state index in [1.165, 1.54) is 6.07 Å². The first-order valence-electron chi connectivity index (χ1n) is 7.19. The lowest BCUT2D eigenvalue weighted by molar-refractivity contribution is -0.385. The number of nitrogens with zero attached hydrogens (tertiary/aromatic N) is 2. The Labute approximate surface area is 132 Å². The van der Waals surface area contributed by atoms with Crippen LogP contribution in [0.4, 0.5) is 5.69 Å². The molecule has 0 aliphatic heterocycles. The Morgan fingerprint density at radius 3 is 2.68 bits per heavy atom. The molecule has 3 rings (SSSR count). The predicted octanol–water partition coefficient (Wildman–Crippen LogP) is 3.39. The van der Waals surface area contributed by atoms with Gasteiger partial charge in [0.15, 0.2) is 0 Å². The Balaban J connectivity index is 1.76. The number of para-hydroxylation sites is 1. The molecule has 1 aromatic carbocycles. The summed E-state index contributed by atoms with van der Waals surface area (Å²) in [5.74, 6) is -0.0369. The van der Waals surface area contributed by atoms with Gasteiger partial charge in [-0.05, 0) is 24.3 Å². The van der Waals surface area contributed by atoms with E-state index in [-0.39, 0.29) is 24.1 Å². The third-order valence-corrected chi connectivity index (χ3v) is 4.61. The second kappa shape index (κ2) is 6.27. The molecule has 1 saturated carbocycles. The van der Waals surface area contributed by atoms with Crippen LogP contribution in [0.3, 0.4) is 0 Å². The highest BCUT2D eigenvalue weighted by atomic mass is 32.1.